The Labute approximate surface area is 167 Å². The van der Waals surface area contributed by atoms with Crippen molar-refractivity contribution < 1.29 is 28.2 Å². The summed E-state index contributed by atoms with van der Waals surface area (Å²) in [5, 5.41) is 2.84. The minimum Gasteiger partial charge on any atom is -0.497 e. The van der Waals surface area contributed by atoms with Gasteiger partial charge in [0.05, 0.1) is 26.7 Å². The lowest BCUT2D eigenvalue weighted by molar-refractivity contribution is -0.148. The van der Waals surface area contributed by atoms with Crippen LogP contribution < -0.4 is 14.8 Å². The number of esters is 1. The van der Waals surface area contributed by atoms with Crippen LogP contribution in [0.5, 0.6) is 11.5 Å². The van der Waals surface area contributed by atoms with Gasteiger partial charge in [-0.2, -0.15) is 0 Å². The standard InChI is InChI=1S/C20H21ClFNO5/c1-12(14-9-13(26-2)7-8-18(14)27-3)23-19(24)11-28-20(25)10-15-16(21)5-4-6-17(15)22/h4-9,12H,10-11H2,1-3H3,(H,23,24)/t12-/m1/s1. The van der Waals surface area contributed by atoms with E-state index in [-0.39, 0.29) is 17.0 Å². The molecule has 2 aromatic rings. The van der Waals surface area contributed by atoms with Gasteiger partial charge in [-0.25, -0.2) is 4.39 Å². The van der Waals surface area contributed by atoms with E-state index in [4.69, 9.17) is 25.8 Å². The van der Waals surface area contributed by atoms with Crippen LogP contribution in [0.15, 0.2) is 36.4 Å². The molecule has 0 spiro atoms. The van der Waals surface area contributed by atoms with Gasteiger partial charge < -0.3 is 19.5 Å². The minimum absolute atomic E-state index is 0.0315. The molecule has 2 aromatic carbocycles. The van der Waals surface area contributed by atoms with E-state index in [2.05, 4.69) is 5.32 Å². The number of methoxy groups -OCH3 is 2. The van der Waals surface area contributed by atoms with E-state index in [1.807, 2.05) is 0 Å². The molecule has 8 heteroatoms. The van der Waals surface area contributed by atoms with Crippen LogP contribution in [-0.4, -0.2) is 32.7 Å². The second-order valence-corrected chi connectivity index (χ2v) is 6.34. The van der Waals surface area contributed by atoms with Crippen LogP contribution in [0.4, 0.5) is 4.39 Å². The second-order valence-electron chi connectivity index (χ2n) is 5.93. The summed E-state index contributed by atoms with van der Waals surface area (Å²) >= 11 is 5.88. The highest BCUT2D eigenvalue weighted by Crippen LogP contribution is 2.29. The van der Waals surface area contributed by atoms with Crippen LogP contribution in [0.2, 0.25) is 5.02 Å². The number of carbonyl (C=O) groups excluding carboxylic acids is 2. The molecule has 0 aliphatic carbocycles. The normalized spacial score (nSPS) is 11.5. The van der Waals surface area contributed by atoms with Crippen molar-refractivity contribution in [1.82, 2.24) is 5.32 Å². The first-order valence-corrected chi connectivity index (χ1v) is 8.83. The van der Waals surface area contributed by atoms with Crippen molar-refractivity contribution in [3.05, 3.63) is 58.4 Å². The highest BCUT2D eigenvalue weighted by Gasteiger charge is 2.18. The Hall–Kier alpha value is -2.80. The third-order valence-corrected chi connectivity index (χ3v) is 4.38. The number of ether oxygens (including phenoxy) is 3. The molecule has 1 atom stereocenters. The number of carbonyl (C=O) groups is 2. The van der Waals surface area contributed by atoms with Crippen LogP contribution in [0.1, 0.15) is 24.1 Å². The second kappa shape index (κ2) is 9.94. The largest absolute Gasteiger partial charge is 0.497 e. The van der Waals surface area contributed by atoms with Gasteiger partial charge in [-0.15, -0.1) is 0 Å². The number of hydrogen-bond donors (Lipinski definition) is 1. The number of halogens is 2. The molecular weight excluding hydrogens is 389 g/mol. The van der Waals surface area contributed by atoms with Crippen molar-refractivity contribution in [2.45, 2.75) is 19.4 Å². The van der Waals surface area contributed by atoms with Gasteiger partial charge in [0.2, 0.25) is 0 Å². The maximum Gasteiger partial charge on any atom is 0.310 e. The van der Waals surface area contributed by atoms with Gasteiger partial charge >= 0.3 is 5.97 Å². The van der Waals surface area contributed by atoms with Crippen molar-refractivity contribution in [2.24, 2.45) is 0 Å². The summed E-state index contributed by atoms with van der Waals surface area (Å²) in [6, 6.07) is 8.91. The number of nitrogens with one attached hydrogen (secondary N) is 1. The lowest BCUT2D eigenvalue weighted by Gasteiger charge is -2.18. The smallest absolute Gasteiger partial charge is 0.310 e. The van der Waals surface area contributed by atoms with E-state index in [1.165, 1.54) is 32.4 Å². The van der Waals surface area contributed by atoms with Gasteiger partial charge in [0.1, 0.15) is 17.3 Å². The van der Waals surface area contributed by atoms with Crippen LogP contribution in [0.25, 0.3) is 0 Å². The van der Waals surface area contributed by atoms with Gasteiger partial charge in [-0.3, -0.25) is 9.59 Å². The summed E-state index contributed by atoms with van der Waals surface area (Å²) in [5.41, 5.74) is 0.740. The highest BCUT2D eigenvalue weighted by molar-refractivity contribution is 6.31. The third-order valence-electron chi connectivity index (χ3n) is 4.03. The SMILES string of the molecule is COc1ccc(OC)c([C@@H](C)NC(=O)COC(=O)Cc2c(F)cccc2Cl)c1. The predicted octanol–water partition coefficient (Wildman–Crippen LogP) is 3.46. The topological polar surface area (TPSA) is 73.9 Å². The molecule has 150 valence electrons. The zero-order valence-electron chi connectivity index (χ0n) is 15.8. The van der Waals surface area contributed by atoms with E-state index in [9.17, 15) is 14.0 Å². The third kappa shape index (κ3) is 5.60. The fraction of sp³-hybridized carbons (Fsp3) is 0.300. The van der Waals surface area contributed by atoms with Gasteiger partial charge in [-0.05, 0) is 37.3 Å². The zero-order chi connectivity index (χ0) is 20.7. The first kappa shape index (κ1) is 21.5. The maximum absolute atomic E-state index is 13.7. The summed E-state index contributed by atoms with van der Waals surface area (Å²) in [5.74, 6) is -0.670. The molecule has 2 rings (SSSR count). The Kier molecular flexibility index (Phi) is 7.63. The van der Waals surface area contributed by atoms with Crippen LogP contribution in [0.3, 0.4) is 0 Å². The molecule has 0 saturated carbocycles. The zero-order valence-corrected chi connectivity index (χ0v) is 16.5. The van der Waals surface area contributed by atoms with Crippen LogP contribution in [-0.2, 0) is 20.7 Å². The summed E-state index contributed by atoms with van der Waals surface area (Å²) in [4.78, 5) is 24.0. The Morgan fingerprint density at radius 2 is 1.93 bits per heavy atom. The molecule has 0 saturated heterocycles. The average molecular weight is 410 g/mol. The summed E-state index contributed by atoms with van der Waals surface area (Å²) in [7, 11) is 3.06. The Morgan fingerprint density at radius 3 is 2.57 bits per heavy atom. The van der Waals surface area contributed by atoms with Crippen LogP contribution in [0, 0.1) is 5.82 Å². The Morgan fingerprint density at radius 1 is 1.18 bits per heavy atom. The van der Waals surface area contributed by atoms with Gasteiger partial charge in [-0.1, -0.05) is 17.7 Å². The van der Waals surface area contributed by atoms with Crippen molar-refractivity contribution in [3.8, 4) is 11.5 Å². The van der Waals surface area contributed by atoms with E-state index >= 15 is 0 Å². The molecule has 6 nitrogen and oxygen atoms in total. The minimum atomic E-state index is -0.756. The van der Waals surface area contributed by atoms with Crippen LogP contribution >= 0.6 is 11.6 Å². The van der Waals surface area contributed by atoms with E-state index in [1.54, 1.807) is 25.1 Å². The molecule has 1 amide bonds. The van der Waals surface area contributed by atoms with Gasteiger partial charge in [0.25, 0.3) is 5.91 Å². The van der Waals surface area contributed by atoms with E-state index in [0.29, 0.717) is 17.1 Å². The fourth-order valence-corrected chi connectivity index (χ4v) is 2.81. The van der Waals surface area contributed by atoms with Crippen molar-refractivity contribution in [2.75, 3.05) is 20.8 Å². The molecule has 0 radical (unpaired) electrons. The first-order chi connectivity index (χ1) is 13.3. The van der Waals surface area contributed by atoms with Gasteiger partial charge in [0.15, 0.2) is 6.61 Å². The number of rotatable bonds is 8. The monoisotopic (exact) mass is 409 g/mol. The van der Waals surface area contributed by atoms with E-state index < -0.39 is 30.3 Å². The summed E-state index contributed by atoms with van der Waals surface area (Å²) in [6.07, 6.45) is -0.363. The van der Waals surface area contributed by atoms with Crippen molar-refractivity contribution in [3.63, 3.8) is 0 Å². The van der Waals surface area contributed by atoms with E-state index in [0.717, 1.165) is 0 Å². The Bertz CT molecular complexity index is 838. The molecule has 0 fully saturated rings. The molecule has 1 N–H and O–H groups in total. The summed E-state index contributed by atoms with van der Waals surface area (Å²) < 4.78 is 29.1. The number of hydrogen-bond acceptors (Lipinski definition) is 5. The van der Waals surface area contributed by atoms with Crippen molar-refractivity contribution >= 4 is 23.5 Å². The highest BCUT2D eigenvalue weighted by atomic mass is 35.5. The maximum atomic E-state index is 13.7. The predicted molar refractivity (Wildman–Crippen MR) is 102 cm³/mol. The average Bonchev–Trinajstić information content (AvgIpc) is 2.68. The lowest BCUT2D eigenvalue weighted by Crippen LogP contribution is -2.31. The molecule has 0 aromatic heterocycles. The molecule has 0 aliphatic rings. The molecule has 28 heavy (non-hydrogen) atoms. The first-order valence-electron chi connectivity index (χ1n) is 8.45. The number of benzene rings is 2. The fourth-order valence-electron chi connectivity index (χ4n) is 2.58. The molecular formula is C20H21ClFNO5. The molecule has 0 heterocycles. The molecule has 0 unspecified atom stereocenters. The molecule has 0 bridgehead atoms. The quantitative estimate of drug-likeness (QED) is 0.676. The number of amides is 1. The van der Waals surface area contributed by atoms with Crippen molar-refractivity contribution in [1.29, 1.82) is 0 Å². The molecule has 0 aliphatic heterocycles. The Balaban J connectivity index is 1.92. The summed E-state index contributed by atoms with van der Waals surface area (Å²) in [6.45, 7) is 1.26. The lowest BCUT2D eigenvalue weighted by atomic mass is 10.1. The van der Waals surface area contributed by atoms with Gasteiger partial charge in [0, 0.05) is 16.1 Å².